The van der Waals surface area contributed by atoms with Crippen LogP contribution in [0.1, 0.15) is 12.5 Å². The first-order valence-electron chi connectivity index (χ1n) is 5.26. The van der Waals surface area contributed by atoms with Crippen molar-refractivity contribution in [3.05, 3.63) is 35.5 Å². The lowest BCUT2D eigenvalue weighted by Gasteiger charge is -2.02. The molecule has 1 aromatic rings. The van der Waals surface area contributed by atoms with Crippen molar-refractivity contribution in [2.24, 2.45) is 0 Å². The first-order valence-corrected chi connectivity index (χ1v) is 5.26. The zero-order valence-corrected chi connectivity index (χ0v) is 9.32. The number of benzene rings is 1. The summed E-state index contributed by atoms with van der Waals surface area (Å²) in [6.45, 7) is 2.52. The molecular weight excluding hydrogens is 220 g/mol. The predicted molar refractivity (Wildman–Crippen MR) is 62.3 cm³/mol. The first-order chi connectivity index (χ1) is 8.19. The van der Waals surface area contributed by atoms with Gasteiger partial charge in [-0.1, -0.05) is 12.1 Å². The second kappa shape index (κ2) is 4.69. The first kappa shape index (κ1) is 11.2. The third kappa shape index (κ3) is 2.63. The summed E-state index contributed by atoms with van der Waals surface area (Å²) in [6, 6.07) is 6.76. The molecule has 2 rings (SSSR count). The molecule has 1 saturated heterocycles. The van der Waals surface area contributed by atoms with Crippen LogP contribution in [0.25, 0.3) is 6.08 Å². The number of hydrogen-bond acceptors (Lipinski definition) is 3. The van der Waals surface area contributed by atoms with E-state index in [2.05, 4.69) is 10.6 Å². The number of carbonyl (C=O) groups excluding carboxylic acids is 2. The van der Waals surface area contributed by atoms with Crippen molar-refractivity contribution in [1.82, 2.24) is 10.6 Å². The van der Waals surface area contributed by atoms with E-state index in [9.17, 15) is 9.59 Å². The van der Waals surface area contributed by atoms with Gasteiger partial charge in [-0.3, -0.25) is 10.1 Å². The highest BCUT2D eigenvalue weighted by Crippen LogP contribution is 2.14. The Hall–Kier alpha value is -2.30. The van der Waals surface area contributed by atoms with Gasteiger partial charge in [-0.05, 0) is 30.7 Å². The Morgan fingerprint density at radius 2 is 1.88 bits per heavy atom. The van der Waals surface area contributed by atoms with Gasteiger partial charge in [0.15, 0.2) is 0 Å². The van der Waals surface area contributed by atoms with Gasteiger partial charge in [0.1, 0.15) is 11.4 Å². The van der Waals surface area contributed by atoms with Gasteiger partial charge >= 0.3 is 6.03 Å². The zero-order chi connectivity index (χ0) is 12.3. The van der Waals surface area contributed by atoms with E-state index >= 15 is 0 Å². The molecule has 1 heterocycles. The molecule has 1 aliphatic heterocycles. The quantitative estimate of drug-likeness (QED) is 0.609. The van der Waals surface area contributed by atoms with Gasteiger partial charge < -0.3 is 10.1 Å². The smallest absolute Gasteiger partial charge is 0.326 e. The fourth-order valence-electron chi connectivity index (χ4n) is 1.48. The van der Waals surface area contributed by atoms with Gasteiger partial charge in [0.2, 0.25) is 0 Å². The lowest BCUT2D eigenvalue weighted by Crippen LogP contribution is -2.22. The molecule has 0 atom stereocenters. The largest absolute Gasteiger partial charge is 0.494 e. The van der Waals surface area contributed by atoms with E-state index in [1.54, 1.807) is 6.08 Å². The third-order valence-electron chi connectivity index (χ3n) is 2.22. The topological polar surface area (TPSA) is 67.4 Å². The molecule has 5 heteroatoms. The van der Waals surface area contributed by atoms with E-state index in [1.165, 1.54) is 0 Å². The Kier molecular flexibility index (Phi) is 3.09. The standard InChI is InChI=1S/C12H12N2O3/c1-2-17-9-5-3-8(4-6-9)7-10-11(15)14-12(16)13-10/h3-7H,2H2,1H3,(H2,13,14,15,16)/b10-7-. The molecule has 2 N–H and O–H groups in total. The molecule has 1 aromatic carbocycles. The fraction of sp³-hybridized carbons (Fsp3) is 0.167. The van der Waals surface area contributed by atoms with Crippen LogP contribution in [0, 0.1) is 0 Å². The molecule has 0 saturated carbocycles. The van der Waals surface area contributed by atoms with Crippen LogP contribution in [0.15, 0.2) is 30.0 Å². The highest BCUT2D eigenvalue weighted by Gasteiger charge is 2.22. The Balaban J connectivity index is 2.16. The Morgan fingerprint density at radius 3 is 2.41 bits per heavy atom. The van der Waals surface area contributed by atoms with Crippen LogP contribution in [-0.4, -0.2) is 18.5 Å². The van der Waals surface area contributed by atoms with Gasteiger partial charge in [-0.15, -0.1) is 0 Å². The lowest BCUT2D eigenvalue weighted by molar-refractivity contribution is -0.115. The van der Waals surface area contributed by atoms with Crippen LogP contribution in [0.3, 0.4) is 0 Å². The van der Waals surface area contributed by atoms with Crippen LogP contribution in [0.5, 0.6) is 5.75 Å². The van der Waals surface area contributed by atoms with Crippen molar-refractivity contribution in [3.8, 4) is 5.75 Å². The van der Waals surface area contributed by atoms with Gasteiger partial charge in [0, 0.05) is 0 Å². The summed E-state index contributed by atoms with van der Waals surface area (Å²) in [5.74, 6) is 0.360. The Labute approximate surface area is 98.5 Å². The van der Waals surface area contributed by atoms with E-state index in [0.717, 1.165) is 11.3 Å². The van der Waals surface area contributed by atoms with Gasteiger partial charge in [0.05, 0.1) is 6.61 Å². The van der Waals surface area contributed by atoms with Crippen LogP contribution >= 0.6 is 0 Å². The fourth-order valence-corrected chi connectivity index (χ4v) is 1.48. The normalized spacial score (nSPS) is 16.9. The number of carbonyl (C=O) groups is 2. The van der Waals surface area contributed by atoms with Gasteiger partial charge in [0.25, 0.3) is 5.91 Å². The van der Waals surface area contributed by atoms with Gasteiger partial charge in [-0.2, -0.15) is 0 Å². The summed E-state index contributed by atoms with van der Waals surface area (Å²) in [6.07, 6.45) is 1.61. The summed E-state index contributed by atoms with van der Waals surface area (Å²) in [5.41, 5.74) is 1.07. The maximum absolute atomic E-state index is 11.3. The van der Waals surface area contributed by atoms with Gasteiger partial charge in [-0.25, -0.2) is 4.79 Å². The van der Waals surface area contributed by atoms with Crippen molar-refractivity contribution >= 4 is 18.0 Å². The number of nitrogens with one attached hydrogen (secondary N) is 2. The third-order valence-corrected chi connectivity index (χ3v) is 2.22. The zero-order valence-electron chi connectivity index (χ0n) is 9.32. The molecule has 5 nitrogen and oxygen atoms in total. The molecule has 88 valence electrons. The second-order valence-corrected chi connectivity index (χ2v) is 3.47. The Bertz CT molecular complexity index is 477. The maximum atomic E-state index is 11.3. The minimum atomic E-state index is -0.493. The van der Waals surface area contributed by atoms with Crippen molar-refractivity contribution in [1.29, 1.82) is 0 Å². The second-order valence-electron chi connectivity index (χ2n) is 3.47. The molecule has 17 heavy (non-hydrogen) atoms. The molecular formula is C12H12N2O3. The van der Waals surface area contributed by atoms with E-state index in [-0.39, 0.29) is 5.70 Å². The minimum Gasteiger partial charge on any atom is -0.494 e. The number of ether oxygens (including phenoxy) is 1. The molecule has 0 aromatic heterocycles. The molecule has 0 unspecified atom stereocenters. The van der Waals surface area contributed by atoms with E-state index in [0.29, 0.717) is 6.61 Å². The Morgan fingerprint density at radius 1 is 1.18 bits per heavy atom. The van der Waals surface area contributed by atoms with Crippen molar-refractivity contribution in [2.75, 3.05) is 6.61 Å². The number of amides is 3. The number of rotatable bonds is 3. The van der Waals surface area contributed by atoms with Crippen LogP contribution < -0.4 is 15.4 Å². The molecule has 3 amide bonds. The summed E-state index contributed by atoms with van der Waals surface area (Å²) in [7, 11) is 0. The SMILES string of the molecule is CCOc1ccc(/C=C2\NC(=O)NC2=O)cc1. The molecule has 1 aliphatic rings. The average Bonchev–Trinajstić information content (AvgIpc) is 2.61. The van der Waals surface area contributed by atoms with E-state index in [1.807, 2.05) is 31.2 Å². The van der Waals surface area contributed by atoms with E-state index < -0.39 is 11.9 Å². The highest BCUT2D eigenvalue weighted by atomic mass is 16.5. The van der Waals surface area contributed by atoms with Crippen molar-refractivity contribution in [3.63, 3.8) is 0 Å². The summed E-state index contributed by atoms with van der Waals surface area (Å²) in [4.78, 5) is 22.2. The lowest BCUT2D eigenvalue weighted by atomic mass is 10.2. The molecule has 0 bridgehead atoms. The van der Waals surface area contributed by atoms with Crippen LogP contribution in [0.4, 0.5) is 4.79 Å². The molecule has 0 aliphatic carbocycles. The molecule has 0 spiro atoms. The number of hydrogen-bond donors (Lipinski definition) is 2. The van der Waals surface area contributed by atoms with E-state index in [4.69, 9.17) is 4.74 Å². The average molecular weight is 232 g/mol. The predicted octanol–water partition coefficient (Wildman–Crippen LogP) is 1.27. The summed E-state index contributed by atoms with van der Waals surface area (Å²) in [5, 5.41) is 4.56. The summed E-state index contributed by atoms with van der Waals surface area (Å²) < 4.78 is 5.30. The van der Waals surface area contributed by atoms with Crippen molar-refractivity contribution in [2.45, 2.75) is 6.92 Å². The monoisotopic (exact) mass is 232 g/mol. The van der Waals surface area contributed by atoms with Crippen LogP contribution in [-0.2, 0) is 4.79 Å². The van der Waals surface area contributed by atoms with Crippen molar-refractivity contribution < 1.29 is 14.3 Å². The molecule has 1 fully saturated rings. The minimum absolute atomic E-state index is 0.249. The summed E-state index contributed by atoms with van der Waals surface area (Å²) >= 11 is 0. The molecule has 0 radical (unpaired) electrons. The number of urea groups is 1. The highest BCUT2D eigenvalue weighted by molar-refractivity contribution is 6.13. The number of imide groups is 1. The van der Waals surface area contributed by atoms with Crippen LogP contribution in [0.2, 0.25) is 0 Å². The maximum Gasteiger partial charge on any atom is 0.326 e.